The highest BCUT2D eigenvalue weighted by atomic mass is 32.1. The van der Waals surface area contributed by atoms with E-state index >= 15 is 0 Å². The van der Waals surface area contributed by atoms with Crippen LogP contribution in [0, 0.1) is 5.41 Å². The van der Waals surface area contributed by atoms with Crippen LogP contribution in [0.1, 0.15) is 20.3 Å². The molecule has 0 unspecified atom stereocenters. The van der Waals surface area contributed by atoms with Crippen molar-refractivity contribution >= 4 is 36.9 Å². The Morgan fingerprint density at radius 1 is 1.12 bits per heavy atom. The molecular formula is C11H22N2O2S2. The fourth-order valence-electron chi connectivity index (χ4n) is 1.37. The second-order valence-corrected chi connectivity index (χ2v) is 5.27. The first-order chi connectivity index (χ1) is 7.79. The third-order valence-corrected chi connectivity index (χ3v) is 4.49. The molecule has 6 heteroatoms. The van der Waals surface area contributed by atoms with Crippen LogP contribution in [-0.2, 0) is 9.59 Å². The smallest absolute Gasteiger partial charge is 0.226 e. The lowest BCUT2D eigenvalue weighted by Crippen LogP contribution is -2.52. The molecule has 0 aliphatic rings. The Hall–Kier alpha value is -0.200. The van der Waals surface area contributed by atoms with E-state index in [1.807, 2.05) is 0 Å². The highest BCUT2D eigenvalue weighted by Gasteiger charge is 2.39. The van der Waals surface area contributed by atoms with Crippen molar-refractivity contribution in [1.82, 2.24) is 10.6 Å². The molecule has 2 atom stereocenters. The van der Waals surface area contributed by atoms with Gasteiger partial charge in [-0.1, -0.05) is 0 Å². The molecule has 0 bridgehead atoms. The van der Waals surface area contributed by atoms with Crippen molar-refractivity contribution in [2.24, 2.45) is 5.41 Å². The normalized spacial score (nSPS) is 18.0. The highest BCUT2D eigenvalue weighted by Crippen LogP contribution is 2.26. The molecule has 0 heterocycles. The lowest BCUT2D eigenvalue weighted by Gasteiger charge is -2.31. The molecule has 0 saturated carbocycles. The fraction of sp³-hybridized carbons (Fsp3) is 0.818. The molecule has 0 aromatic heterocycles. The first-order valence-corrected chi connectivity index (χ1v) is 6.72. The Morgan fingerprint density at radius 2 is 1.65 bits per heavy atom. The molecule has 0 spiro atoms. The summed E-state index contributed by atoms with van der Waals surface area (Å²) in [5, 5.41) is 5.52. The van der Waals surface area contributed by atoms with Crippen LogP contribution >= 0.6 is 25.3 Å². The largest absolute Gasteiger partial charge is 0.359 e. The molecule has 0 aliphatic carbocycles. The van der Waals surface area contributed by atoms with Crippen LogP contribution in [0.4, 0.5) is 0 Å². The number of Topliss-reactive ketones (excluding diaryl/α,β-unsaturated/α-hetero) is 1. The fourth-order valence-corrected chi connectivity index (χ4v) is 1.96. The van der Waals surface area contributed by atoms with Gasteiger partial charge in [0.25, 0.3) is 0 Å². The number of amides is 1. The monoisotopic (exact) mass is 278 g/mol. The number of hydrogen-bond acceptors (Lipinski definition) is 5. The second-order valence-electron chi connectivity index (χ2n) is 4.64. The predicted octanol–water partition coefficient (Wildman–Crippen LogP) is 0.536. The van der Waals surface area contributed by atoms with E-state index in [-0.39, 0.29) is 18.1 Å². The van der Waals surface area contributed by atoms with Crippen LogP contribution in [0.5, 0.6) is 0 Å². The molecule has 2 N–H and O–H groups in total. The number of rotatable bonds is 7. The average molecular weight is 278 g/mol. The maximum absolute atomic E-state index is 12.2. The molecule has 0 aliphatic heterocycles. The van der Waals surface area contributed by atoms with Crippen molar-refractivity contribution in [2.75, 3.05) is 25.6 Å². The number of ketones is 1. The molecule has 0 fully saturated rings. The topological polar surface area (TPSA) is 58.2 Å². The number of hydrogen-bond donors (Lipinski definition) is 4. The molecule has 0 aromatic carbocycles. The van der Waals surface area contributed by atoms with Crippen molar-refractivity contribution in [3.05, 3.63) is 0 Å². The summed E-state index contributed by atoms with van der Waals surface area (Å²) in [5.74, 6) is 0.511. The summed E-state index contributed by atoms with van der Waals surface area (Å²) in [7, 11) is 3.27. The molecule has 1 amide bonds. The molecule has 0 rings (SSSR count). The van der Waals surface area contributed by atoms with Crippen LogP contribution in [-0.4, -0.2) is 42.8 Å². The van der Waals surface area contributed by atoms with Crippen LogP contribution in [0.2, 0.25) is 0 Å². The van der Waals surface area contributed by atoms with E-state index in [9.17, 15) is 9.59 Å². The van der Waals surface area contributed by atoms with Crippen molar-refractivity contribution in [3.8, 4) is 0 Å². The number of carbonyl (C=O) groups is 2. The van der Waals surface area contributed by atoms with Gasteiger partial charge in [0.2, 0.25) is 5.91 Å². The zero-order valence-electron chi connectivity index (χ0n) is 10.8. The number of likely N-dealkylation sites (N-methyl/N-ethyl adjacent to an activating group) is 1. The maximum Gasteiger partial charge on any atom is 0.226 e. The summed E-state index contributed by atoms with van der Waals surface area (Å²) in [5.41, 5.74) is -1.49. The molecule has 17 heavy (non-hydrogen) atoms. The van der Waals surface area contributed by atoms with Crippen molar-refractivity contribution < 1.29 is 9.59 Å². The summed E-state index contributed by atoms with van der Waals surface area (Å²) >= 11 is 8.34. The molecule has 4 nitrogen and oxygen atoms in total. The summed E-state index contributed by atoms with van der Waals surface area (Å²) in [6.07, 6.45) is 0.147. The number of carbonyl (C=O) groups excluding carboxylic acids is 2. The van der Waals surface area contributed by atoms with Gasteiger partial charge >= 0.3 is 0 Å². The van der Waals surface area contributed by atoms with Crippen molar-refractivity contribution in [1.29, 1.82) is 0 Å². The van der Waals surface area contributed by atoms with Gasteiger partial charge in [0, 0.05) is 25.0 Å². The van der Waals surface area contributed by atoms with E-state index in [1.165, 1.54) is 0 Å². The zero-order valence-corrected chi connectivity index (χ0v) is 12.6. The zero-order chi connectivity index (χ0) is 13.7. The van der Waals surface area contributed by atoms with Gasteiger partial charge in [-0.15, -0.1) is 0 Å². The van der Waals surface area contributed by atoms with Gasteiger partial charge in [-0.2, -0.15) is 25.3 Å². The summed E-state index contributed by atoms with van der Waals surface area (Å²) in [4.78, 5) is 23.9. The third-order valence-electron chi connectivity index (χ3n) is 3.16. The minimum Gasteiger partial charge on any atom is -0.359 e. The molecule has 0 radical (unpaired) electrons. The molecular weight excluding hydrogens is 256 g/mol. The second kappa shape index (κ2) is 6.66. The number of thiol groups is 2. The summed E-state index contributed by atoms with van der Waals surface area (Å²) in [6, 6.07) is 0. The maximum atomic E-state index is 12.2. The van der Waals surface area contributed by atoms with Gasteiger partial charge in [0.1, 0.15) is 0 Å². The van der Waals surface area contributed by atoms with Gasteiger partial charge in [0.05, 0.1) is 11.0 Å². The van der Waals surface area contributed by atoms with Crippen LogP contribution in [0.15, 0.2) is 0 Å². The minimum absolute atomic E-state index is 0.0323. The predicted molar refractivity (Wildman–Crippen MR) is 77.0 cm³/mol. The molecule has 0 aromatic rings. The molecule has 100 valence electrons. The van der Waals surface area contributed by atoms with Crippen LogP contribution in [0.25, 0.3) is 0 Å². The van der Waals surface area contributed by atoms with Crippen LogP contribution < -0.4 is 10.6 Å². The SMILES string of the molecule is CNC(=O)[C@@](C)(CS)CC(=O)[C@](C)(CS)NC. The van der Waals surface area contributed by atoms with E-state index in [4.69, 9.17) is 0 Å². The summed E-state index contributed by atoms with van der Waals surface area (Å²) < 4.78 is 0. The number of nitrogens with one attached hydrogen (secondary N) is 2. The lowest BCUT2D eigenvalue weighted by atomic mass is 9.81. The van der Waals surface area contributed by atoms with Gasteiger partial charge in [0.15, 0.2) is 5.78 Å². The molecule has 0 saturated heterocycles. The van der Waals surface area contributed by atoms with Crippen molar-refractivity contribution in [2.45, 2.75) is 25.8 Å². The Bertz CT molecular complexity index is 293. The quantitative estimate of drug-likeness (QED) is 0.514. The van der Waals surface area contributed by atoms with Gasteiger partial charge in [-0.25, -0.2) is 0 Å². The van der Waals surface area contributed by atoms with E-state index in [0.717, 1.165) is 0 Å². The Balaban J connectivity index is 4.92. The van der Waals surface area contributed by atoms with Crippen LogP contribution in [0.3, 0.4) is 0 Å². The Kier molecular flexibility index (Phi) is 6.58. The Labute approximate surface area is 114 Å². The third kappa shape index (κ3) is 3.89. The first-order valence-electron chi connectivity index (χ1n) is 5.45. The van der Waals surface area contributed by atoms with Gasteiger partial charge in [-0.05, 0) is 20.9 Å². The van der Waals surface area contributed by atoms with E-state index < -0.39 is 11.0 Å². The highest BCUT2D eigenvalue weighted by molar-refractivity contribution is 7.80. The van der Waals surface area contributed by atoms with Crippen molar-refractivity contribution in [3.63, 3.8) is 0 Å². The summed E-state index contributed by atoms with van der Waals surface area (Å²) in [6.45, 7) is 3.52. The standard InChI is InChI=1S/C11H22N2O2S2/c1-10(6-16,9(15)12-3)5-8(14)11(2,7-17)13-4/h13,16-17H,5-7H2,1-4H3,(H,12,15)/t10-,11+/m1/s1. The Morgan fingerprint density at radius 3 is 1.94 bits per heavy atom. The van der Waals surface area contributed by atoms with Gasteiger partial charge in [-0.3, -0.25) is 9.59 Å². The minimum atomic E-state index is -0.782. The lowest BCUT2D eigenvalue weighted by molar-refractivity contribution is -0.135. The first kappa shape index (κ1) is 16.8. The van der Waals surface area contributed by atoms with E-state index in [2.05, 4.69) is 35.9 Å². The van der Waals surface area contributed by atoms with Gasteiger partial charge < -0.3 is 10.6 Å². The van der Waals surface area contributed by atoms with E-state index in [0.29, 0.717) is 11.5 Å². The average Bonchev–Trinajstić information content (AvgIpc) is 2.36. The van der Waals surface area contributed by atoms with E-state index in [1.54, 1.807) is 27.9 Å².